The van der Waals surface area contributed by atoms with E-state index in [9.17, 15) is 9.59 Å². The molecule has 272 valence electrons. The topological polar surface area (TPSA) is 148 Å². The minimum absolute atomic E-state index is 0.00737. The number of nitrogens with zero attached hydrogens (tertiary/aromatic N) is 5. The van der Waals surface area contributed by atoms with E-state index in [0.29, 0.717) is 129 Å². The zero-order chi connectivity index (χ0) is 34.5. The maximum atomic E-state index is 12.3. The lowest BCUT2D eigenvalue weighted by Crippen LogP contribution is -2.40. The molecule has 0 aliphatic carbocycles. The van der Waals surface area contributed by atoms with Crippen LogP contribution in [-0.4, -0.2) is 149 Å². The molecule has 2 aliphatic rings. The summed E-state index contributed by atoms with van der Waals surface area (Å²) in [6.07, 6.45) is 6.04. The lowest BCUT2D eigenvalue weighted by molar-refractivity contribution is -0.123. The minimum Gasteiger partial charge on any atom is -0.377 e. The highest BCUT2D eigenvalue weighted by molar-refractivity contribution is 5.92. The van der Waals surface area contributed by atoms with Crippen LogP contribution in [0.25, 0.3) is 0 Å². The molecule has 1 aromatic heterocycles. The smallest absolute Gasteiger partial charge is 0.317 e. The Labute approximate surface area is 284 Å². The van der Waals surface area contributed by atoms with Crippen molar-refractivity contribution in [2.45, 2.75) is 40.3 Å². The summed E-state index contributed by atoms with van der Waals surface area (Å²) in [5, 5.41) is 11.1. The molecule has 15 heteroatoms. The van der Waals surface area contributed by atoms with Crippen LogP contribution in [0.15, 0.2) is 30.6 Å². The molecule has 15 nitrogen and oxygen atoms in total. The van der Waals surface area contributed by atoms with Crippen molar-refractivity contribution in [3.05, 3.63) is 36.3 Å². The van der Waals surface area contributed by atoms with Crippen LogP contribution in [0.5, 0.6) is 0 Å². The Balaban J connectivity index is 0.972. The second-order valence-electron chi connectivity index (χ2n) is 12.5. The molecule has 1 fully saturated rings. The molecule has 0 aromatic carbocycles. The first-order chi connectivity index (χ1) is 23.2. The van der Waals surface area contributed by atoms with E-state index >= 15 is 0 Å². The molecule has 1 N–H and O–H groups in total. The summed E-state index contributed by atoms with van der Waals surface area (Å²) >= 11 is 0. The van der Waals surface area contributed by atoms with E-state index in [1.165, 1.54) is 6.08 Å². The Morgan fingerprint density at radius 1 is 0.833 bits per heavy atom. The van der Waals surface area contributed by atoms with Crippen LogP contribution >= 0.6 is 0 Å². The van der Waals surface area contributed by atoms with Crippen LogP contribution in [-0.2, 0) is 51.0 Å². The Bertz CT molecular complexity index is 1090. The van der Waals surface area contributed by atoms with Gasteiger partial charge < -0.3 is 48.3 Å². The highest BCUT2D eigenvalue weighted by atomic mass is 16.6. The highest BCUT2D eigenvalue weighted by Crippen LogP contribution is 2.33. The number of allylic oxidation sites excluding steroid dienone is 1. The molecular weight excluding hydrogens is 624 g/mol. The van der Waals surface area contributed by atoms with Crippen molar-refractivity contribution in [1.82, 2.24) is 30.1 Å². The quantitative estimate of drug-likeness (QED) is 0.143. The lowest BCUT2D eigenvalue weighted by Gasteiger charge is -2.27. The summed E-state index contributed by atoms with van der Waals surface area (Å²) in [5.41, 5.74) is 1.57. The van der Waals surface area contributed by atoms with Crippen LogP contribution in [0.2, 0.25) is 0 Å². The van der Waals surface area contributed by atoms with Gasteiger partial charge in [0.1, 0.15) is 5.69 Å². The molecule has 0 spiro atoms. The minimum atomic E-state index is -0.0988. The maximum Gasteiger partial charge on any atom is 0.317 e. The zero-order valence-electron chi connectivity index (χ0n) is 29.1. The Kier molecular flexibility index (Phi) is 18.7. The fraction of sp³-hybridized carbons (Fsp3) is 0.758. The van der Waals surface area contributed by atoms with E-state index in [4.69, 9.17) is 33.2 Å². The Hall–Kier alpha value is -2.92. The average molecular weight is 681 g/mol. The largest absolute Gasteiger partial charge is 0.377 e. The van der Waals surface area contributed by atoms with Crippen molar-refractivity contribution in [2.75, 3.05) is 112 Å². The van der Waals surface area contributed by atoms with Crippen molar-refractivity contribution < 1.29 is 42.7 Å². The SMILES string of the molecule is C=C1C=CC(=O)N1Cc1cn(CCOCCOCCOCCOCCOCCOCCOCCNC(=O)N2CC[C@H](C(C)(C)C)C2)nn1. The maximum absolute atomic E-state index is 12.3. The zero-order valence-corrected chi connectivity index (χ0v) is 29.1. The van der Waals surface area contributed by atoms with Crippen molar-refractivity contribution in [1.29, 1.82) is 0 Å². The number of amides is 3. The first-order valence-corrected chi connectivity index (χ1v) is 16.9. The van der Waals surface area contributed by atoms with E-state index in [1.807, 2.05) is 4.90 Å². The monoisotopic (exact) mass is 680 g/mol. The van der Waals surface area contributed by atoms with Crippen molar-refractivity contribution in [3.8, 4) is 0 Å². The van der Waals surface area contributed by atoms with Gasteiger partial charge in [0, 0.05) is 31.4 Å². The summed E-state index contributed by atoms with van der Waals surface area (Å²) < 4.78 is 40.3. The lowest BCUT2D eigenvalue weighted by atomic mass is 9.80. The van der Waals surface area contributed by atoms with Crippen LogP contribution in [0.4, 0.5) is 4.79 Å². The summed E-state index contributed by atoms with van der Waals surface area (Å²) in [4.78, 5) is 27.5. The molecule has 1 aromatic rings. The molecule has 48 heavy (non-hydrogen) atoms. The van der Waals surface area contributed by atoms with Gasteiger partial charge in [0.15, 0.2) is 0 Å². The molecule has 3 rings (SSSR count). The predicted octanol–water partition coefficient (Wildman–Crippen LogP) is 1.88. The normalized spacial score (nSPS) is 16.5. The van der Waals surface area contributed by atoms with Crippen molar-refractivity contribution >= 4 is 11.9 Å². The van der Waals surface area contributed by atoms with E-state index in [2.05, 4.69) is 43.0 Å². The molecule has 1 atom stereocenters. The fourth-order valence-electron chi connectivity index (χ4n) is 4.92. The molecule has 2 aliphatic heterocycles. The molecule has 3 amide bonds. The van der Waals surface area contributed by atoms with E-state index in [1.54, 1.807) is 21.9 Å². The molecule has 0 bridgehead atoms. The van der Waals surface area contributed by atoms with Gasteiger partial charge in [-0.05, 0) is 23.8 Å². The van der Waals surface area contributed by atoms with Gasteiger partial charge in [0.05, 0.1) is 112 Å². The third kappa shape index (κ3) is 16.0. The molecule has 0 unspecified atom stereocenters. The van der Waals surface area contributed by atoms with E-state index in [0.717, 1.165) is 19.5 Å². The number of carbonyl (C=O) groups is 2. The number of likely N-dealkylation sites (tertiary alicyclic amines) is 1. The predicted molar refractivity (Wildman–Crippen MR) is 177 cm³/mol. The number of hydrogen-bond acceptors (Lipinski definition) is 11. The van der Waals surface area contributed by atoms with Gasteiger partial charge in [-0.15, -0.1) is 5.10 Å². The van der Waals surface area contributed by atoms with Crippen LogP contribution < -0.4 is 5.32 Å². The number of aromatic nitrogens is 3. The second kappa shape index (κ2) is 22.7. The fourth-order valence-corrected chi connectivity index (χ4v) is 4.92. The molecule has 1 saturated heterocycles. The Morgan fingerprint density at radius 2 is 1.35 bits per heavy atom. The number of rotatable bonds is 26. The molecule has 3 heterocycles. The number of nitrogens with one attached hydrogen (secondary N) is 1. The van der Waals surface area contributed by atoms with Gasteiger partial charge in [0.25, 0.3) is 5.91 Å². The van der Waals surface area contributed by atoms with Crippen molar-refractivity contribution in [3.63, 3.8) is 0 Å². The third-order valence-electron chi connectivity index (χ3n) is 7.86. The molecule has 0 radical (unpaired) electrons. The number of urea groups is 1. The van der Waals surface area contributed by atoms with Crippen molar-refractivity contribution in [2.24, 2.45) is 11.3 Å². The average Bonchev–Trinajstić information content (AvgIpc) is 3.81. The molecule has 0 saturated carbocycles. The summed E-state index contributed by atoms with van der Waals surface area (Å²) in [5.74, 6) is 0.448. The summed E-state index contributed by atoms with van der Waals surface area (Å²) in [6.45, 7) is 20.3. The van der Waals surface area contributed by atoms with Crippen LogP contribution in [0.1, 0.15) is 32.9 Å². The Morgan fingerprint density at radius 3 is 1.83 bits per heavy atom. The first kappa shape index (κ1) is 39.5. The molecular formula is C33H56N6O9. The highest BCUT2D eigenvalue weighted by Gasteiger charge is 2.33. The van der Waals surface area contributed by atoms with Gasteiger partial charge in [0.2, 0.25) is 0 Å². The van der Waals surface area contributed by atoms with E-state index < -0.39 is 0 Å². The summed E-state index contributed by atoms with van der Waals surface area (Å²) in [7, 11) is 0. The van der Waals surface area contributed by atoms with Gasteiger partial charge >= 0.3 is 6.03 Å². The standard InChI is InChI=1S/C33H56N6O9/c1-28-5-6-31(40)39(28)27-30-26-38(36-35-30)10-12-43-14-16-45-18-20-47-22-24-48-23-21-46-19-17-44-15-13-42-11-8-34-32(41)37-9-7-29(25-37)33(2,3)4/h5-6,26,29H,1,7-25,27H2,2-4H3,(H,34,41)/t29-/m0/s1. The van der Waals surface area contributed by atoms with Gasteiger partial charge in [-0.25, -0.2) is 9.48 Å². The van der Waals surface area contributed by atoms with Gasteiger partial charge in [-0.3, -0.25) is 4.79 Å². The van der Waals surface area contributed by atoms with Gasteiger partial charge in [-0.2, -0.15) is 0 Å². The number of hydrogen-bond donors (Lipinski definition) is 1. The summed E-state index contributed by atoms with van der Waals surface area (Å²) in [6, 6.07) is -0.00737. The first-order valence-electron chi connectivity index (χ1n) is 16.9. The second-order valence-corrected chi connectivity index (χ2v) is 12.5. The van der Waals surface area contributed by atoms with E-state index in [-0.39, 0.29) is 17.4 Å². The number of carbonyl (C=O) groups excluding carboxylic acids is 2. The number of ether oxygens (including phenoxy) is 7. The van der Waals surface area contributed by atoms with Crippen LogP contribution in [0, 0.1) is 11.3 Å². The van der Waals surface area contributed by atoms with Crippen LogP contribution in [0.3, 0.4) is 0 Å². The van der Waals surface area contributed by atoms with Gasteiger partial charge in [-0.1, -0.05) is 32.6 Å². The third-order valence-corrected chi connectivity index (χ3v) is 7.86.